The molecule has 0 saturated carbocycles. The van der Waals surface area contributed by atoms with E-state index in [1.54, 1.807) is 0 Å². The maximum atomic E-state index is 4.50. The summed E-state index contributed by atoms with van der Waals surface area (Å²) in [6.07, 6.45) is 4.20. The van der Waals surface area contributed by atoms with Crippen molar-refractivity contribution in [2.45, 2.75) is 13.0 Å². The van der Waals surface area contributed by atoms with Crippen LogP contribution in [-0.2, 0) is 0 Å². The molecule has 0 fully saturated rings. The molecule has 1 aromatic carbocycles. The summed E-state index contributed by atoms with van der Waals surface area (Å²) in [5.74, 6) is 0.932. The summed E-state index contributed by atoms with van der Waals surface area (Å²) < 4.78 is 2.08. The van der Waals surface area contributed by atoms with Gasteiger partial charge in [0, 0.05) is 12.2 Å². The van der Waals surface area contributed by atoms with Crippen LogP contribution in [0.2, 0.25) is 0 Å². The fraction of sp³-hybridized carbons (Fsp3) is 0.182. The van der Waals surface area contributed by atoms with Gasteiger partial charge in [-0.25, -0.2) is 4.98 Å². The number of aromatic nitrogens is 2. The number of anilines is 1. The molecular weight excluding hydrogens is 174 g/mol. The van der Waals surface area contributed by atoms with E-state index >= 15 is 0 Å². The highest BCUT2D eigenvalue weighted by molar-refractivity contribution is 5.82. The molecule has 3 rings (SSSR count). The first-order valence-electron chi connectivity index (χ1n) is 4.76. The number of rotatable bonds is 0. The number of hydrogen-bond donors (Lipinski definition) is 1. The summed E-state index contributed by atoms with van der Waals surface area (Å²) >= 11 is 0. The van der Waals surface area contributed by atoms with E-state index in [9.17, 15) is 0 Å². The van der Waals surface area contributed by atoms with Gasteiger partial charge in [-0.05, 0) is 25.1 Å². The van der Waals surface area contributed by atoms with Crippen molar-refractivity contribution >= 4 is 23.2 Å². The molecule has 0 amide bonds. The Labute approximate surface area is 82.1 Å². The van der Waals surface area contributed by atoms with E-state index in [1.165, 1.54) is 0 Å². The third-order valence-electron chi connectivity index (χ3n) is 2.48. The van der Waals surface area contributed by atoms with Crippen LogP contribution in [0.5, 0.6) is 0 Å². The fourth-order valence-corrected chi connectivity index (χ4v) is 1.76. The summed E-state index contributed by atoms with van der Waals surface area (Å²) in [7, 11) is 0. The van der Waals surface area contributed by atoms with Crippen molar-refractivity contribution in [1.82, 2.24) is 9.55 Å². The Balaban J connectivity index is 2.32. The van der Waals surface area contributed by atoms with Crippen LogP contribution in [0, 0.1) is 0 Å². The summed E-state index contributed by atoms with van der Waals surface area (Å²) in [5.41, 5.74) is 2.19. The molecule has 1 unspecified atom stereocenters. The molecule has 0 saturated heterocycles. The largest absolute Gasteiger partial charge is 0.349 e. The van der Waals surface area contributed by atoms with Gasteiger partial charge in [-0.2, -0.15) is 0 Å². The van der Waals surface area contributed by atoms with Gasteiger partial charge in [-0.15, -0.1) is 0 Å². The molecule has 2 heterocycles. The van der Waals surface area contributed by atoms with E-state index in [2.05, 4.69) is 40.1 Å². The first kappa shape index (κ1) is 7.62. The Bertz CT molecular complexity index is 510. The van der Waals surface area contributed by atoms with E-state index in [0.29, 0.717) is 6.04 Å². The number of benzene rings is 1. The van der Waals surface area contributed by atoms with Crippen molar-refractivity contribution in [2.24, 2.45) is 0 Å². The predicted octanol–water partition coefficient (Wildman–Crippen LogP) is 2.32. The SMILES string of the molecule is CC1C=Cn2c(nc3ccccc32)N1. The van der Waals surface area contributed by atoms with Crippen molar-refractivity contribution < 1.29 is 0 Å². The fourth-order valence-electron chi connectivity index (χ4n) is 1.76. The van der Waals surface area contributed by atoms with E-state index in [0.717, 1.165) is 17.0 Å². The number of hydrogen-bond acceptors (Lipinski definition) is 2. The lowest BCUT2D eigenvalue weighted by molar-refractivity contribution is 0.926. The lowest BCUT2D eigenvalue weighted by atomic mass is 10.3. The number of para-hydroxylation sites is 2. The molecule has 0 spiro atoms. The maximum absolute atomic E-state index is 4.50. The molecule has 3 nitrogen and oxygen atoms in total. The Morgan fingerprint density at radius 1 is 1.36 bits per heavy atom. The van der Waals surface area contributed by atoms with Crippen molar-refractivity contribution in [3.8, 4) is 0 Å². The Hall–Kier alpha value is -1.77. The molecular formula is C11H11N3. The predicted molar refractivity (Wildman–Crippen MR) is 58.1 cm³/mol. The maximum Gasteiger partial charge on any atom is 0.208 e. The highest BCUT2D eigenvalue weighted by atomic mass is 15.2. The average molecular weight is 185 g/mol. The van der Waals surface area contributed by atoms with Crippen LogP contribution in [0.4, 0.5) is 5.95 Å². The number of nitrogens with zero attached hydrogens (tertiary/aromatic N) is 2. The highest BCUT2D eigenvalue weighted by Gasteiger charge is 2.12. The second-order valence-corrected chi connectivity index (χ2v) is 3.57. The van der Waals surface area contributed by atoms with E-state index in [1.807, 2.05) is 18.2 Å². The lowest BCUT2D eigenvalue weighted by Gasteiger charge is -2.15. The minimum absolute atomic E-state index is 0.360. The molecule has 1 atom stereocenters. The molecule has 1 aromatic heterocycles. The van der Waals surface area contributed by atoms with Gasteiger partial charge in [0.2, 0.25) is 5.95 Å². The van der Waals surface area contributed by atoms with Gasteiger partial charge in [0.15, 0.2) is 0 Å². The molecule has 1 aliphatic heterocycles. The summed E-state index contributed by atoms with van der Waals surface area (Å²) in [5, 5.41) is 3.31. The smallest absolute Gasteiger partial charge is 0.208 e. The van der Waals surface area contributed by atoms with Gasteiger partial charge in [0.25, 0.3) is 0 Å². The highest BCUT2D eigenvalue weighted by Crippen LogP contribution is 2.22. The minimum atomic E-state index is 0.360. The molecule has 1 N–H and O–H groups in total. The summed E-state index contributed by atoms with van der Waals surface area (Å²) in [6, 6.07) is 8.51. The molecule has 1 aliphatic rings. The molecule has 0 bridgehead atoms. The summed E-state index contributed by atoms with van der Waals surface area (Å²) in [4.78, 5) is 4.50. The van der Waals surface area contributed by atoms with E-state index in [4.69, 9.17) is 0 Å². The third kappa shape index (κ3) is 0.954. The number of imidazole rings is 1. The molecule has 0 radical (unpaired) electrons. The minimum Gasteiger partial charge on any atom is -0.349 e. The van der Waals surface area contributed by atoms with Gasteiger partial charge >= 0.3 is 0 Å². The van der Waals surface area contributed by atoms with Crippen LogP contribution in [0.3, 0.4) is 0 Å². The summed E-state index contributed by atoms with van der Waals surface area (Å²) in [6.45, 7) is 2.11. The zero-order valence-electron chi connectivity index (χ0n) is 7.94. The van der Waals surface area contributed by atoms with Crippen LogP contribution in [0.1, 0.15) is 6.92 Å². The van der Waals surface area contributed by atoms with Crippen molar-refractivity contribution in [2.75, 3.05) is 5.32 Å². The van der Waals surface area contributed by atoms with Crippen LogP contribution >= 0.6 is 0 Å². The Morgan fingerprint density at radius 3 is 3.14 bits per heavy atom. The first-order chi connectivity index (χ1) is 6.84. The monoisotopic (exact) mass is 185 g/mol. The van der Waals surface area contributed by atoms with Crippen molar-refractivity contribution in [3.63, 3.8) is 0 Å². The van der Waals surface area contributed by atoms with Gasteiger partial charge < -0.3 is 5.32 Å². The molecule has 14 heavy (non-hydrogen) atoms. The number of nitrogens with one attached hydrogen (secondary N) is 1. The zero-order chi connectivity index (χ0) is 9.54. The third-order valence-corrected chi connectivity index (χ3v) is 2.48. The molecule has 70 valence electrons. The van der Waals surface area contributed by atoms with E-state index < -0.39 is 0 Å². The van der Waals surface area contributed by atoms with Gasteiger partial charge in [-0.3, -0.25) is 4.57 Å². The Morgan fingerprint density at radius 2 is 2.21 bits per heavy atom. The van der Waals surface area contributed by atoms with Gasteiger partial charge in [0.05, 0.1) is 11.0 Å². The van der Waals surface area contributed by atoms with Crippen LogP contribution < -0.4 is 5.32 Å². The quantitative estimate of drug-likeness (QED) is 0.682. The topological polar surface area (TPSA) is 29.9 Å². The van der Waals surface area contributed by atoms with Gasteiger partial charge in [-0.1, -0.05) is 12.1 Å². The van der Waals surface area contributed by atoms with Crippen LogP contribution in [0.15, 0.2) is 30.3 Å². The van der Waals surface area contributed by atoms with Gasteiger partial charge in [0.1, 0.15) is 0 Å². The normalized spacial score (nSPS) is 19.4. The molecule has 3 heteroatoms. The van der Waals surface area contributed by atoms with Crippen LogP contribution in [-0.4, -0.2) is 15.6 Å². The van der Waals surface area contributed by atoms with Crippen molar-refractivity contribution in [3.05, 3.63) is 30.3 Å². The standard InChI is InChI=1S/C11H11N3/c1-8-6-7-14-10-5-3-2-4-9(10)13-11(14)12-8/h2-8H,1H3,(H,12,13). The lowest BCUT2D eigenvalue weighted by Crippen LogP contribution is -2.18. The second-order valence-electron chi connectivity index (χ2n) is 3.57. The Kier molecular flexibility index (Phi) is 1.42. The van der Waals surface area contributed by atoms with Crippen molar-refractivity contribution in [1.29, 1.82) is 0 Å². The second kappa shape index (κ2) is 2.61. The van der Waals surface area contributed by atoms with Crippen LogP contribution in [0.25, 0.3) is 17.2 Å². The van der Waals surface area contributed by atoms with E-state index in [-0.39, 0.29) is 0 Å². The molecule has 2 aromatic rings. The zero-order valence-corrected chi connectivity index (χ0v) is 7.94. The average Bonchev–Trinajstić information content (AvgIpc) is 2.54. The number of fused-ring (bicyclic) bond motifs is 3. The first-order valence-corrected chi connectivity index (χ1v) is 4.76. The molecule has 0 aliphatic carbocycles.